The molecular formula is C16H14N4O2S. The Morgan fingerprint density at radius 2 is 2.35 bits per heavy atom. The third-order valence-corrected chi connectivity index (χ3v) is 4.53. The summed E-state index contributed by atoms with van der Waals surface area (Å²) < 4.78 is 7.18. The third kappa shape index (κ3) is 2.70. The Morgan fingerprint density at radius 1 is 1.43 bits per heavy atom. The number of thiazole rings is 1. The molecule has 1 N–H and O–H groups in total. The van der Waals surface area contributed by atoms with Crippen molar-refractivity contribution in [3.05, 3.63) is 47.2 Å². The number of nitrogens with one attached hydrogen (secondary N) is 1. The normalized spacial score (nSPS) is 12.7. The third-order valence-electron chi connectivity index (χ3n) is 3.64. The molecule has 0 unspecified atom stereocenters. The summed E-state index contributed by atoms with van der Waals surface area (Å²) in [7, 11) is 1.85. The van der Waals surface area contributed by atoms with Crippen molar-refractivity contribution in [1.29, 1.82) is 0 Å². The fourth-order valence-corrected chi connectivity index (χ4v) is 3.28. The average Bonchev–Trinajstić information content (AvgIpc) is 3.26. The van der Waals surface area contributed by atoms with Gasteiger partial charge in [-0.25, -0.2) is 4.98 Å². The summed E-state index contributed by atoms with van der Waals surface area (Å²) >= 11 is 1.43. The topological polar surface area (TPSA) is 69.0 Å². The molecule has 1 aliphatic heterocycles. The lowest BCUT2D eigenvalue weighted by Crippen LogP contribution is -2.12. The van der Waals surface area contributed by atoms with E-state index >= 15 is 0 Å². The van der Waals surface area contributed by atoms with Crippen LogP contribution in [0.5, 0.6) is 5.75 Å². The van der Waals surface area contributed by atoms with Gasteiger partial charge in [-0.15, -0.1) is 11.3 Å². The van der Waals surface area contributed by atoms with Gasteiger partial charge in [0.1, 0.15) is 16.5 Å². The van der Waals surface area contributed by atoms with Crippen molar-refractivity contribution >= 4 is 22.9 Å². The van der Waals surface area contributed by atoms with Crippen molar-refractivity contribution < 1.29 is 9.53 Å². The molecular weight excluding hydrogens is 312 g/mol. The van der Waals surface area contributed by atoms with Gasteiger partial charge < -0.3 is 10.1 Å². The van der Waals surface area contributed by atoms with Gasteiger partial charge in [-0.1, -0.05) is 0 Å². The van der Waals surface area contributed by atoms with Crippen molar-refractivity contribution in [2.75, 3.05) is 11.9 Å². The molecule has 1 aromatic carbocycles. The molecule has 0 bridgehead atoms. The SMILES string of the molecule is Cn1cc(-c2nc(C(=O)Nc3ccc4c(c3)CCO4)cs2)cn1. The van der Waals surface area contributed by atoms with E-state index in [1.54, 1.807) is 16.3 Å². The summed E-state index contributed by atoms with van der Waals surface area (Å²) in [5.74, 6) is 0.686. The molecule has 2 aromatic heterocycles. The van der Waals surface area contributed by atoms with E-state index in [0.717, 1.165) is 34.0 Å². The zero-order valence-electron chi connectivity index (χ0n) is 12.4. The Bertz CT molecular complexity index is 884. The maximum absolute atomic E-state index is 12.3. The van der Waals surface area contributed by atoms with Crippen LogP contribution in [-0.2, 0) is 13.5 Å². The second kappa shape index (κ2) is 5.51. The first-order valence-corrected chi connectivity index (χ1v) is 8.08. The number of hydrogen-bond acceptors (Lipinski definition) is 5. The molecule has 1 aliphatic rings. The first kappa shape index (κ1) is 14.0. The van der Waals surface area contributed by atoms with Crippen LogP contribution in [0.25, 0.3) is 10.6 Å². The fraction of sp³-hybridized carbons (Fsp3) is 0.188. The first-order valence-electron chi connectivity index (χ1n) is 7.21. The Labute approximate surface area is 136 Å². The van der Waals surface area contributed by atoms with Crippen molar-refractivity contribution in [3.8, 4) is 16.3 Å². The second-order valence-electron chi connectivity index (χ2n) is 5.32. The minimum absolute atomic E-state index is 0.213. The highest BCUT2D eigenvalue weighted by atomic mass is 32.1. The minimum atomic E-state index is -0.213. The molecule has 23 heavy (non-hydrogen) atoms. The number of aryl methyl sites for hydroxylation is 1. The van der Waals surface area contributed by atoms with Gasteiger partial charge in [-0.3, -0.25) is 9.48 Å². The molecule has 0 saturated heterocycles. The van der Waals surface area contributed by atoms with Gasteiger partial charge in [-0.2, -0.15) is 5.10 Å². The molecule has 4 rings (SSSR count). The Morgan fingerprint density at radius 3 is 3.17 bits per heavy atom. The quantitative estimate of drug-likeness (QED) is 0.803. The van der Waals surface area contributed by atoms with Crippen LogP contribution in [0.3, 0.4) is 0 Å². The number of rotatable bonds is 3. The maximum atomic E-state index is 12.3. The Balaban J connectivity index is 1.52. The van der Waals surface area contributed by atoms with E-state index < -0.39 is 0 Å². The smallest absolute Gasteiger partial charge is 0.275 e. The number of carbonyl (C=O) groups excluding carboxylic acids is 1. The van der Waals surface area contributed by atoms with Crippen molar-refractivity contribution in [1.82, 2.24) is 14.8 Å². The lowest BCUT2D eigenvalue weighted by atomic mass is 10.1. The number of amides is 1. The Hall–Kier alpha value is -2.67. The highest BCUT2D eigenvalue weighted by molar-refractivity contribution is 7.13. The largest absolute Gasteiger partial charge is 0.493 e. The van der Waals surface area contributed by atoms with Crippen LogP contribution in [0.4, 0.5) is 5.69 Å². The molecule has 0 atom stereocenters. The average molecular weight is 326 g/mol. The Kier molecular flexibility index (Phi) is 3.34. The van der Waals surface area contributed by atoms with Crippen molar-refractivity contribution in [3.63, 3.8) is 0 Å². The van der Waals surface area contributed by atoms with Crippen LogP contribution >= 0.6 is 11.3 Å². The van der Waals surface area contributed by atoms with Gasteiger partial charge >= 0.3 is 0 Å². The molecule has 3 aromatic rings. The number of hydrogen-bond donors (Lipinski definition) is 1. The van der Waals surface area contributed by atoms with E-state index in [1.807, 2.05) is 31.4 Å². The molecule has 0 fully saturated rings. The maximum Gasteiger partial charge on any atom is 0.275 e. The summed E-state index contributed by atoms with van der Waals surface area (Å²) in [6, 6.07) is 5.69. The molecule has 0 radical (unpaired) electrons. The van der Waals surface area contributed by atoms with E-state index in [4.69, 9.17) is 4.74 Å². The van der Waals surface area contributed by atoms with E-state index in [1.165, 1.54) is 11.3 Å². The predicted octanol–water partition coefficient (Wildman–Crippen LogP) is 2.73. The number of carbonyl (C=O) groups is 1. The van der Waals surface area contributed by atoms with Gasteiger partial charge in [0.2, 0.25) is 0 Å². The van der Waals surface area contributed by atoms with Gasteiger partial charge in [0.25, 0.3) is 5.91 Å². The number of aromatic nitrogens is 3. The predicted molar refractivity (Wildman–Crippen MR) is 87.9 cm³/mol. The monoisotopic (exact) mass is 326 g/mol. The number of fused-ring (bicyclic) bond motifs is 1. The molecule has 0 aliphatic carbocycles. The fourth-order valence-electron chi connectivity index (χ4n) is 2.50. The summed E-state index contributed by atoms with van der Waals surface area (Å²) in [4.78, 5) is 16.7. The highest BCUT2D eigenvalue weighted by Gasteiger charge is 2.16. The summed E-state index contributed by atoms with van der Waals surface area (Å²) in [5.41, 5.74) is 3.20. The zero-order chi connectivity index (χ0) is 15.8. The summed E-state index contributed by atoms with van der Waals surface area (Å²) in [6.07, 6.45) is 4.49. The summed E-state index contributed by atoms with van der Waals surface area (Å²) in [5, 5.41) is 9.55. The molecule has 1 amide bonds. The van der Waals surface area contributed by atoms with E-state index in [2.05, 4.69) is 15.4 Å². The van der Waals surface area contributed by atoms with Crippen molar-refractivity contribution in [2.24, 2.45) is 7.05 Å². The van der Waals surface area contributed by atoms with Crippen LogP contribution < -0.4 is 10.1 Å². The molecule has 6 nitrogen and oxygen atoms in total. The van der Waals surface area contributed by atoms with Crippen LogP contribution in [0, 0.1) is 0 Å². The van der Waals surface area contributed by atoms with Gasteiger partial charge in [-0.05, 0) is 23.8 Å². The second-order valence-corrected chi connectivity index (χ2v) is 6.17. The number of benzene rings is 1. The zero-order valence-corrected chi connectivity index (χ0v) is 13.3. The molecule has 116 valence electrons. The summed E-state index contributed by atoms with van der Waals surface area (Å²) in [6.45, 7) is 0.702. The van der Waals surface area contributed by atoms with Gasteiger partial charge in [0.15, 0.2) is 0 Å². The highest BCUT2D eigenvalue weighted by Crippen LogP contribution is 2.28. The van der Waals surface area contributed by atoms with Gasteiger partial charge in [0.05, 0.1) is 12.8 Å². The van der Waals surface area contributed by atoms with E-state index in [9.17, 15) is 4.79 Å². The number of anilines is 1. The number of ether oxygens (including phenoxy) is 1. The molecule has 0 saturated carbocycles. The number of nitrogens with zero attached hydrogens (tertiary/aromatic N) is 3. The lowest BCUT2D eigenvalue weighted by molar-refractivity contribution is 0.102. The molecule has 0 spiro atoms. The van der Waals surface area contributed by atoms with E-state index in [0.29, 0.717) is 12.3 Å². The van der Waals surface area contributed by atoms with Crippen LogP contribution in [0.1, 0.15) is 16.1 Å². The molecule has 3 heterocycles. The van der Waals surface area contributed by atoms with Crippen LogP contribution in [0.2, 0.25) is 0 Å². The van der Waals surface area contributed by atoms with Gasteiger partial charge in [0, 0.05) is 36.3 Å². The van der Waals surface area contributed by atoms with E-state index in [-0.39, 0.29) is 5.91 Å². The van der Waals surface area contributed by atoms with Crippen LogP contribution in [-0.4, -0.2) is 27.3 Å². The van der Waals surface area contributed by atoms with Crippen molar-refractivity contribution in [2.45, 2.75) is 6.42 Å². The minimum Gasteiger partial charge on any atom is -0.493 e. The lowest BCUT2D eigenvalue weighted by Gasteiger charge is -2.05. The van der Waals surface area contributed by atoms with Crippen LogP contribution in [0.15, 0.2) is 36.0 Å². The first-order chi connectivity index (χ1) is 11.2. The standard InChI is InChI=1S/C16H14N4O2S/c1-20-8-11(7-17-20)16-19-13(9-23-16)15(21)18-12-2-3-14-10(6-12)4-5-22-14/h2-3,6-9H,4-5H2,1H3,(H,18,21). The molecule has 7 heteroatoms.